The molecule has 3 aliphatic heterocycles. The molecule has 4 aromatic carbocycles. The van der Waals surface area contributed by atoms with Crippen LogP contribution in [-0.4, -0.2) is 209 Å². The van der Waals surface area contributed by atoms with Gasteiger partial charge in [0.05, 0.1) is 56.3 Å². The standard InChI is InChI=1S/C61H74N10O21S2.Na/c1-31-29-71-51(52(31)79)57(84)63-28-37(73)25-41(64-53(80)34-12-14-35(15-13-34)58-68-69-59(93-58)36-16-18-40(19-17-36)89-22-8-4-7-21-88-39-9-5-3-6-10-39)54(81)65-48(32(2)72)60(85)70-30-38(74)26-42(70)55(82)66-49(56(83)67-50(61(71)86)45(77)27-47(62)78)44(76)23-33-11-20-43(75)46(24-33)90-94-92-91-87;/h3,5-6,9-20,24,31-32,37-38,41-42,44-45,48-52,72-77,79,87H,4,7-8,21-23,25-30H2,1-2H3,(H2,62,78)(H,63,84)(H,64,80)(H,65,81)(H,66,82)(H,67,83);/q;+1/p-1. The fourth-order valence-electron chi connectivity index (χ4n) is 10.8. The Kier molecular flexibility index (Phi) is 27.9. The summed E-state index contributed by atoms with van der Waals surface area (Å²) < 4.78 is 20.8. The number of amides is 8. The molecule has 3 aliphatic rings. The van der Waals surface area contributed by atoms with Crippen molar-refractivity contribution >= 4 is 70.9 Å². The SMILES string of the molecule is CC(O)C1NC(=O)C(NC(=O)c2ccc(-c3nnc(-c4ccc(OCCCCCOc5ccccc5)cc4)s3)cc2)CC(O)CNC(=O)C2C(O)C(C)CN2C(=O)C(C(O)CC(N)=O)NC(=O)C(C(O)Cc2ccc(O)c(OSOO[O-])c2)NC(=O)C2CC(O)CN2C1=O.[Na+]. The molecule has 0 saturated carbocycles. The van der Waals surface area contributed by atoms with Crippen LogP contribution in [0.5, 0.6) is 23.0 Å². The summed E-state index contributed by atoms with van der Waals surface area (Å²) in [7, 11) is 0. The molecule has 0 bridgehead atoms. The van der Waals surface area contributed by atoms with E-state index < -0.39 is 177 Å². The van der Waals surface area contributed by atoms with Gasteiger partial charge >= 0.3 is 29.6 Å². The number of benzene rings is 4. The van der Waals surface area contributed by atoms with Crippen molar-refractivity contribution in [2.24, 2.45) is 11.7 Å². The Morgan fingerprint density at radius 1 is 0.737 bits per heavy atom. The van der Waals surface area contributed by atoms with Crippen LogP contribution in [0.3, 0.4) is 0 Å². The molecule has 31 nitrogen and oxygen atoms in total. The Morgan fingerprint density at radius 2 is 1.35 bits per heavy atom. The van der Waals surface area contributed by atoms with Crippen molar-refractivity contribution < 1.29 is 132 Å². The minimum absolute atomic E-state index is 0. The molecule has 95 heavy (non-hydrogen) atoms. The van der Waals surface area contributed by atoms with E-state index in [9.17, 15) is 79.4 Å². The van der Waals surface area contributed by atoms with Gasteiger partial charge in [-0.1, -0.05) is 54.7 Å². The third-order valence-corrected chi connectivity index (χ3v) is 17.2. The average Bonchev–Trinajstić information content (AvgIpc) is 1.72. The van der Waals surface area contributed by atoms with Gasteiger partial charge in [-0.3, -0.25) is 43.4 Å². The Balaban J connectivity index is 0.0000128. The first-order chi connectivity index (χ1) is 45.0. The number of phenolic OH excluding ortho intramolecular Hbond substituents is 1. The van der Waals surface area contributed by atoms with Gasteiger partial charge in [-0.15, -0.1) is 14.5 Å². The topological polar surface area (TPSA) is 466 Å². The maximum absolute atomic E-state index is 14.7. The third-order valence-electron chi connectivity index (χ3n) is 15.8. The molecule has 13 atom stereocenters. The zero-order valence-corrected chi connectivity index (χ0v) is 55.4. The molecule has 506 valence electrons. The number of para-hydroxylation sites is 1. The first-order valence-corrected chi connectivity index (χ1v) is 31.4. The van der Waals surface area contributed by atoms with Gasteiger partial charge in [-0.05, 0) is 92.4 Å². The summed E-state index contributed by atoms with van der Waals surface area (Å²) in [6, 6.07) is 14.7. The molecular weight excluding hydrogens is 1300 g/mol. The van der Waals surface area contributed by atoms with E-state index in [1.54, 1.807) is 12.1 Å². The van der Waals surface area contributed by atoms with Crippen LogP contribution in [0.15, 0.2) is 97.1 Å². The van der Waals surface area contributed by atoms with Gasteiger partial charge in [-0.25, -0.2) is 0 Å². The number of aliphatic hydroxyl groups is 6. The zero-order chi connectivity index (χ0) is 67.8. The summed E-state index contributed by atoms with van der Waals surface area (Å²) in [4.78, 5) is 115. The van der Waals surface area contributed by atoms with Crippen molar-refractivity contribution in [3.05, 3.63) is 108 Å². The molecule has 5 aromatic rings. The number of aliphatic hydroxyl groups excluding tert-OH is 6. The van der Waals surface area contributed by atoms with E-state index in [0.29, 0.717) is 34.5 Å². The molecule has 1 aromatic heterocycles. The molecular formula is C61H73N10NaO21S2. The summed E-state index contributed by atoms with van der Waals surface area (Å²) in [6.07, 6.45) is -11.1. The van der Waals surface area contributed by atoms with Gasteiger partial charge in [0.1, 0.15) is 57.8 Å². The maximum atomic E-state index is 14.7. The molecule has 0 aliphatic carbocycles. The minimum atomic E-state index is -2.23. The van der Waals surface area contributed by atoms with E-state index in [0.717, 1.165) is 59.4 Å². The van der Waals surface area contributed by atoms with Gasteiger partial charge in [-0.2, -0.15) is 0 Å². The van der Waals surface area contributed by atoms with E-state index in [4.69, 9.17) is 19.4 Å². The van der Waals surface area contributed by atoms with Crippen LogP contribution in [0.25, 0.3) is 21.1 Å². The molecule has 4 heterocycles. The molecule has 14 N–H and O–H groups in total. The molecule has 8 rings (SSSR count). The van der Waals surface area contributed by atoms with Gasteiger partial charge in [0.2, 0.25) is 41.4 Å². The van der Waals surface area contributed by atoms with Crippen molar-refractivity contribution in [1.29, 1.82) is 0 Å². The number of carbonyl (C=O) groups excluding carboxylic acids is 8. The van der Waals surface area contributed by atoms with E-state index >= 15 is 0 Å². The summed E-state index contributed by atoms with van der Waals surface area (Å²) >= 11 is 1.27. The second-order valence-electron chi connectivity index (χ2n) is 22.8. The summed E-state index contributed by atoms with van der Waals surface area (Å²) in [5.41, 5.74) is 6.82. The number of fused-ring (bicyclic) bond motifs is 2. The number of hydrogen-bond donors (Lipinski definition) is 13. The fourth-order valence-corrected chi connectivity index (χ4v) is 12.0. The predicted octanol–water partition coefficient (Wildman–Crippen LogP) is -4.80. The summed E-state index contributed by atoms with van der Waals surface area (Å²) in [6.45, 7) is 1.97. The third kappa shape index (κ3) is 20.2. The monoisotopic (exact) mass is 1370 g/mol. The number of primary amides is 1. The zero-order valence-electron chi connectivity index (χ0n) is 51.8. The normalized spacial score (nSPS) is 24.0. The summed E-state index contributed by atoms with van der Waals surface area (Å²) in [5.74, 6) is -9.70. The van der Waals surface area contributed by atoms with Crippen LogP contribution in [-0.2, 0) is 49.4 Å². The largest absolute Gasteiger partial charge is 1.00 e. The van der Waals surface area contributed by atoms with Crippen LogP contribution in [0.1, 0.15) is 68.3 Å². The number of aromatic hydroxyl groups is 1. The first kappa shape index (κ1) is 74.8. The van der Waals surface area contributed by atoms with Crippen molar-refractivity contribution in [3.8, 4) is 44.1 Å². The quantitative estimate of drug-likeness (QED) is 0.00959. The van der Waals surface area contributed by atoms with Crippen LogP contribution in [0.2, 0.25) is 0 Å². The van der Waals surface area contributed by atoms with Crippen molar-refractivity contribution in [2.75, 3.05) is 32.8 Å². The minimum Gasteiger partial charge on any atom is -0.691 e. The number of unbranched alkanes of at least 4 members (excludes halogenated alkanes) is 2. The van der Waals surface area contributed by atoms with Gasteiger partial charge < -0.3 is 96.8 Å². The second kappa shape index (κ2) is 35.4. The van der Waals surface area contributed by atoms with Gasteiger partial charge in [0, 0.05) is 61.5 Å². The maximum Gasteiger partial charge on any atom is 1.00 e. The molecule has 13 unspecified atom stereocenters. The van der Waals surface area contributed by atoms with Crippen LogP contribution >= 0.6 is 23.7 Å². The Morgan fingerprint density at radius 3 is 1.98 bits per heavy atom. The van der Waals surface area contributed by atoms with Crippen LogP contribution < -0.4 is 80.8 Å². The van der Waals surface area contributed by atoms with E-state index in [1.807, 2.05) is 54.6 Å². The Bertz CT molecular complexity index is 3440. The Hall–Kier alpha value is -7.61. The fraction of sp³-hybridized carbons (Fsp3) is 0.443. The molecule has 3 fully saturated rings. The summed E-state index contributed by atoms with van der Waals surface area (Å²) in [5, 5.41) is 114. The number of aromatic nitrogens is 2. The second-order valence-corrected chi connectivity index (χ2v) is 24.3. The number of nitrogens with one attached hydrogen (secondary N) is 5. The number of rotatable bonds is 23. The van der Waals surface area contributed by atoms with E-state index in [2.05, 4.69) is 46.2 Å². The van der Waals surface area contributed by atoms with Gasteiger partial charge in [0.15, 0.2) is 11.5 Å². The molecule has 0 radical (unpaired) electrons. The predicted molar refractivity (Wildman–Crippen MR) is 329 cm³/mol. The number of nitrogens with zero attached hydrogens (tertiary/aromatic N) is 4. The number of phenols is 1. The number of ether oxygens (including phenoxy) is 2. The van der Waals surface area contributed by atoms with Crippen molar-refractivity contribution in [1.82, 2.24) is 46.6 Å². The van der Waals surface area contributed by atoms with E-state index in [-0.39, 0.29) is 58.8 Å². The average molecular weight is 1370 g/mol. The van der Waals surface area contributed by atoms with Gasteiger partial charge in [0.25, 0.3) is 18.2 Å². The molecule has 3 saturated heterocycles. The first-order valence-electron chi connectivity index (χ1n) is 29.9. The smallest absolute Gasteiger partial charge is 0.691 e. The number of β-amino-alcohol motifs (C(OH)–C–C–N with tert-alkyl or cyclic N) is 1. The van der Waals surface area contributed by atoms with Crippen molar-refractivity contribution in [3.63, 3.8) is 0 Å². The van der Waals surface area contributed by atoms with Crippen molar-refractivity contribution in [2.45, 2.75) is 132 Å². The van der Waals surface area contributed by atoms with Crippen LogP contribution in [0.4, 0.5) is 0 Å². The Labute approximate surface area is 574 Å². The molecule has 34 heteroatoms. The van der Waals surface area contributed by atoms with E-state index in [1.165, 1.54) is 36.5 Å². The number of carbonyl (C=O) groups is 8. The number of nitrogens with two attached hydrogens (primary N) is 1. The molecule has 8 amide bonds. The number of hydrogen-bond acceptors (Lipinski definition) is 25. The molecule has 0 spiro atoms. The van der Waals surface area contributed by atoms with Crippen LogP contribution in [0, 0.1) is 5.92 Å².